The Morgan fingerprint density at radius 1 is 1.19 bits per heavy atom. The molecule has 1 aliphatic rings. The van der Waals surface area contributed by atoms with Crippen molar-refractivity contribution >= 4 is 40.3 Å². The Morgan fingerprint density at radius 2 is 1.94 bits per heavy atom. The van der Waals surface area contributed by atoms with Crippen LogP contribution in [0.3, 0.4) is 0 Å². The molecule has 0 saturated carbocycles. The van der Waals surface area contributed by atoms with Gasteiger partial charge in [0.05, 0.1) is 22.9 Å². The lowest BCUT2D eigenvalue weighted by Gasteiger charge is -2.27. The summed E-state index contributed by atoms with van der Waals surface area (Å²) in [6, 6.07) is 9.69. The number of aromatic nitrogens is 2. The Hall–Kier alpha value is -2.91. The Kier molecular flexibility index (Phi) is 6.53. The van der Waals surface area contributed by atoms with Crippen LogP contribution in [0.5, 0.6) is 0 Å². The second kappa shape index (κ2) is 9.49. The summed E-state index contributed by atoms with van der Waals surface area (Å²) in [4.78, 5) is 31.7. The SMILES string of the molecule is COCC(=O)Nc1cc(C(=O)N2CCSCC2)c2c(c1)ncn2Cc1ccc(F)cc1. The predicted molar refractivity (Wildman–Crippen MR) is 119 cm³/mol. The average molecular weight is 443 g/mol. The Bertz CT molecular complexity index is 1090. The second-order valence-electron chi connectivity index (χ2n) is 7.28. The number of anilines is 1. The molecule has 4 rings (SSSR count). The molecule has 1 aliphatic heterocycles. The minimum atomic E-state index is -0.305. The first-order valence-corrected chi connectivity index (χ1v) is 11.1. The Morgan fingerprint density at radius 3 is 2.65 bits per heavy atom. The van der Waals surface area contributed by atoms with E-state index in [9.17, 15) is 14.0 Å². The van der Waals surface area contributed by atoms with Gasteiger partial charge in [-0.05, 0) is 29.8 Å². The predicted octanol–water partition coefficient (Wildman–Crippen LogP) is 3.00. The van der Waals surface area contributed by atoms with Gasteiger partial charge in [-0.3, -0.25) is 9.59 Å². The van der Waals surface area contributed by atoms with Gasteiger partial charge >= 0.3 is 0 Å². The van der Waals surface area contributed by atoms with Gasteiger partial charge in [0.15, 0.2) is 0 Å². The molecule has 0 bridgehead atoms. The second-order valence-corrected chi connectivity index (χ2v) is 8.50. The largest absolute Gasteiger partial charge is 0.375 e. The zero-order valence-electron chi connectivity index (χ0n) is 17.1. The molecule has 3 aromatic rings. The van der Waals surface area contributed by atoms with Crippen LogP contribution >= 0.6 is 11.8 Å². The van der Waals surface area contributed by atoms with Crippen molar-refractivity contribution in [3.05, 3.63) is 59.7 Å². The molecule has 0 unspecified atom stereocenters. The van der Waals surface area contributed by atoms with Crippen LogP contribution in [0.1, 0.15) is 15.9 Å². The van der Waals surface area contributed by atoms with Crippen LogP contribution < -0.4 is 5.32 Å². The number of imidazole rings is 1. The zero-order valence-corrected chi connectivity index (χ0v) is 18.0. The summed E-state index contributed by atoms with van der Waals surface area (Å²) in [6.45, 7) is 1.72. The minimum absolute atomic E-state index is 0.0797. The van der Waals surface area contributed by atoms with Crippen molar-refractivity contribution in [3.63, 3.8) is 0 Å². The summed E-state index contributed by atoms with van der Waals surface area (Å²) in [5, 5.41) is 2.77. The Balaban J connectivity index is 1.74. The van der Waals surface area contributed by atoms with Crippen molar-refractivity contribution in [1.82, 2.24) is 14.5 Å². The van der Waals surface area contributed by atoms with Gasteiger partial charge in [0.25, 0.3) is 5.91 Å². The highest BCUT2D eigenvalue weighted by atomic mass is 32.2. The quantitative estimate of drug-likeness (QED) is 0.635. The van der Waals surface area contributed by atoms with Crippen molar-refractivity contribution < 1.29 is 18.7 Å². The third-order valence-corrected chi connectivity index (χ3v) is 6.01. The molecule has 162 valence electrons. The first-order chi connectivity index (χ1) is 15.0. The fourth-order valence-electron chi connectivity index (χ4n) is 3.62. The summed E-state index contributed by atoms with van der Waals surface area (Å²) in [6.07, 6.45) is 1.66. The standard InChI is InChI=1S/C22H23FN4O3S/c1-30-13-20(28)25-17-10-18(22(29)26-6-8-31-9-7-26)21-19(11-17)24-14-27(21)12-15-2-4-16(23)5-3-15/h2-5,10-11,14H,6-9,12-13H2,1H3,(H,25,28). The van der Waals surface area contributed by atoms with Crippen molar-refractivity contribution in [1.29, 1.82) is 0 Å². The molecule has 0 radical (unpaired) electrons. The molecule has 2 heterocycles. The topological polar surface area (TPSA) is 76.5 Å². The number of benzene rings is 2. The molecule has 1 aromatic heterocycles. The molecule has 2 aromatic carbocycles. The van der Waals surface area contributed by atoms with Crippen LogP contribution in [0.15, 0.2) is 42.7 Å². The van der Waals surface area contributed by atoms with Crippen LogP contribution in [0, 0.1) is 5.82 Å². The molecule has 2 amide bonds. The molecular weight excluding hydrogens is 419 g/mol. The maximum absolute atomic E-state index is 13.4. The highest BCUT2D eigenvalue weighted by molar-refractivity contribution is 7.99. The van der Waals surface area contributed by atoms with Gasteiger partial charge in [-0.15, -0.1) is 0 Å². The van der Waals surface area contributed by atoms with Crippen molar-refractivity contribution in [2.24, 2.45) is 0 Å². The van der Waals surface area contributed by atoms with E-state index >= 15 is 0 Å². The number of hydrogen-bond acceptors (Lipinski definition) is 5. The lowest BCUT2D eigenvalue weighted by Crippen LogP contribution is -2.38. The number of methoxy groups -OCH3 is 1. The first-order valence-electron chi connectivity index (χ1n) is 9.94. The van der Waals surface area contributed by atoms with E-state index in [1.807, 2.05) is 21.2 Å². The van der Waals surface area contributed by atoms with Crippen LogP contribution in [-0.2, 0) is 16.1 Å². The van der Waals surface area contributed by atoms with E-state index in [4.69, 9.17) is 4.74 Å². The normalized spacial score (nSPS) is 14.1. The summed E-state index contributed by atoms with van der Waals surface area (Å²) in [5.41, 5.74) is 3.17. The smallest absolute Gasteiger partial charge is 0.256 e. The van der Waals surface area contributed by atoms with E-state index in [0.29, 0.717) is 41.9 Å². The zero-order chi connectivity index (χ0) is 21.8. The number of amides is 2. The molecule has 1 saturated heterocycles. The van der Waals surface area contributed by atoms with Crippen LogP contribution in [0.2, 0.25) is 0 Å². The number of rotatable bonds is 6. The van der Waals surface area contributed by atoms with Gasteiger partial charge in [0, 0.05) is 43.9 Å². The van der Waals surface area contributed by atoms with E-state index in [0.717, 1.165) is 17.1 Å². The number of carbonyl (C=O) groups is 2. The van der Waals surface area contributed by atoms with E-state index in [1.54, 1.807) is 30.6 Å². The summed E-state index contributed by atoms with van der Waals surface area (Å²) < 4.78 is 20.0. The lowest BCUT2D eigenvalue weighted by molar-refractivity contribution is -0.119. The van der Waals surface area contributed by atoms with E-state index in [-0.39, 0.29) is 24.2 Å². The molecular formula is C22H23FN4O3S. The van der Waals surface area contributed by atoms with Crippen molar-refractivity contribution in [3.8, 4) is 0 Å². The first kappa shape index (κ1) is 21.3. The number of hydrogen-bond donors (Lipinski definition) is 1. The van der Waals surface area contributed by atoms with Gasteiger partial charge in [-0.2, -0.15) is 11.8 Å². The molecule has 0 aliphatic carbocycles. The van der Waals surface area contributed by atoms with E-state index in [2.05, 4.69) is 10.3 Å². The maximum atomic E-state index is 13.4. The highest BCUT2D eigenvalue weighted by Gasteiger charge is 2.23. The van der Waals surface area contributed by atoms with Crippen LogP contribution in [-0.4, -0.2) is 64.6 Å². The number of nitrogens with one attached hydrogen (secondary N) is 1. The number of nitrogens with zero attached hydrogens (tertiary/aromatic N) is 3. The number of ether oxygens (including phenoxy) is 1. The molecule has 0 spiro atoms. The fraction of sp³-hybridized carbons (Fsp3) is 0.318. The average Bonchev–Trinajstić information content (AvgIpc) is 3.17. The molecule has 9 heteroatoms. The summed E-state index contributed by atoms with van der Waals surface area (Å²) >= 11 is 1.83. The number of thioether (sulfide) groups is 1. The molecule has 1 fully saturated rings. The van der Waals surface area contributed by atoms with Crippen LogP contribution in [0.25, 0.3) is 11.0 Å². The lowest BCUT2D eigenvalue weighted by atomic mass is 10.1. The summed E-state index contributed by atoms with van der Waals surface area (Å²) in [7, 11) is 1.45. The molecule has 31 heavy (non-hydrogen) atoms. The third-order valence-electron chi connectivity index (χ3n) is 5.07. The summed E-state index contributed by atoms with van der Waals surface area (Å²) in [5.74, 6) is 1.10. The maximum Gasteiger partial charge on any atom is 0.256 e. The van der Waals surface area contributed by atoms with Crippen molar-refractivity contribution in [2.75, 3.05) is 43.6 Å². The minimum Gasteiger partial charge on any atom is -0.375 e. The number of fused-ring (bicyclic) bond motifs is 1. The Labute approximate surface area is 183 Å². The van der Waals surface area contributed by atoms with Gasteiger partial charge in [0.1, 0.15) is 12.4 Å². The van der Waals surface area contributed by atoms with Gasteiger partial charge in [-0.1, -0.05) is 12.1 Å². The van der Waals surface area contributed by atoms with E-state index < -0.39 is 0 Å². The van der Waals surface area contributed by atoms with Crippen LogP contribution in [0.4, 0.5) is 10.1 Å². The molecule has 0 atom stereocenters. The van der Waals surface area contributed by atoms with E-state index in [1.165, 1.54) is 19.2 Å². The molecule has 1 N–H and O–H groups in total. The third kappa shape index (κ3) is 4.88. The van der Waals surface area contributed by atoms with Gasteiger partial charge in [-0.25, -0.2) is 9.37 Å². The molecule has 7 nitrogen and oxygen atoms in total. The fourth-order valence-corrected chi connectivity index (χ4v) is 4.52. The van der Waals surface area contributed by atoms with Gasteiger partial charge < -0.3 is 19.5 Å². The monoisotopic (exact) mass is 442 g/mol. The van der Waals surface area contributed by atoms with Crippen molar-refractivity contribution in [2.45, 2.75) is 6.54 Å². The number of halogens is 1. The number of carbonyl (C=O) groups excluding carboxylic acids is 2. The van der Waals surface area contributed by atoms with Gasteiger partial charge in [0.2, 0.25) is 5.91 Å². The highest BCUT2D eigenvalue weighted by Crippen LogP contribution is 2.27.